The fourth-order valence-electron chi connectivity index (χ4n) is 2.07. The largest absolute Gasteiger partial charge is 0.466 e. The molecule has 120 valence electrons. The molecule has 0 fully saturated rings. The van der Waals surface area contributed by atoms with Gasteiger partial charge >= 0.3 is 13.6 Å². The number of rotatable bonds is 7. The molecule has 1 heterocycles. The average molecular weight is 319 g/mol. The predicted octanol–water partition coefficient (Wildman–Crippen LogP) is 1.93. The van der Waals surface area contributed by atoms with E-state index in [9.17, 15) is 14.2 Å². The molecule has 1 amide bonds. The van der Waals surface area contributed by atoms with Crippen LogP contribution in [0, 0.1) is 0 Å². The number of esters is 1. The minimum atomic E-state index is -3.84. The van der Waals surface area contributed by atoms with E-state index in [-0.39, 0.29) is 36.7 Å². The van der Waals surface area contributed by atoms with Crippen molar-refractivity contribution in [2.24, 2.45) is 0 Å². The van der Waals surface area contributed by atoms with E-state index >= 15 is 0 Å². The molecule has 0 aliphatic carbocycles. The van der Waals surface area contributed by atoms with Gasteiger partial charge in [-0.1, -0.05) is 0 Å². The van der Waals surface area contributed by atoms with Crippen molar-refractivity contribution >= 4 is 19.5 Å². The minimum Gasteiger partial charge on any atom is -0.466 e. The van der Waals surface area contributed by atoms with Gasteiger partial charge in [0.2, 0.25) is 0 Å². The molecule has 0 N–H and O–H groups in total. The Balaban J connectivity index is 3.37. The molecule has 0 aromatic carbocycles. The van der Waals surface area contributed by atoms with E-state index in [0.29, 0.717) is 0 Å². The Bertz CT molecular complexity index is 489. The normalized spacial score (nSPS) is 16.1. The van der Waals surface area contributed by atoms with Gasteiger partial charge in [0, 0.05) is 6.04 Å². The van der Waals surface area contributed by atoms with Gasteiger partial charge in [0.25, 0.3) is 5.91 Å². The molecule has 1 rings (SSSR count). The van der Waals surface area contributed by atoms with Crippen LogP contribution < -0.4 is 0 Å². The maximum Gasteiger partial charge on any atom is 0.367 e. The second kappa shape index (κ2) is 7.20. The van der Waals surface area contributed by atoms with E-state index in [0.717, 1.165) is 0 Å². The van der Waals surface area contributed by atoms with Crippen LogP contribution in [0.25, 0.3) is 0 Å². The first-order chi connectivity index (χ1) is 9.82. The lowest BCUT2D eigenvalue weighted by Crippen LogP contribution is -2.34. The molecule has 0 bridgehead atoms. The van der Waals surface area contributed by atoms with Gasteiger partial charge in [0.1, 0.15) is 5.31 Å². The highest BCUT2D eigenvalue weighted by molar-refractivity contribution is 7.60. The second-order valence-corrected chi connectivity index (χ2v) is 6.64. The standard InChI is InChI=1S/C13H22NO6P/c1-6-19-21(17,20-7-2)11-10(13(16)18-5)8-14(9(3)4)12(11)15/h9H,6-8H2,1-5H3. The molecule has 1 aliphatic heterocycles. The zero-order valence-electron chi connectivity index (χ0n) is 13.0. The Morgan fingerprint density at radius 1 is 1.29 bits per heavy atom. The number of carbonyl (C=O) groups is 2. The summed E-state index contributed by atoms with van der Waals surface area (Å²) < 4.78 is 27.9. The molecule has 0 saturated carbocycles. The quantitative estimate of drug-likeness (QED) is 0.527. The monoisotopic (exact) mass is 319 g/mol. The lowest BCUT2D eigenvalue weighted by atomic mass is 10.3. The van der Waals surface area contributed by atoms with E-state index < -0.39 is 19.5 Å². The highest BCUT2D eigenvalue weighted by Gasteiger charge is 2.47. The first-order valence-corrected chi connectivity index (χ1v) is 8.38. The molecular weight excluding hydrogens is 297 g/mol. The van der Waals surface area contributed by atoms with Crippen molar-refractivity contribution < 1.29 is 27.9 Å². The fourth-order valence-corrected chi connectivity index (χ4v) is 3.94. The molecule has 0 saturated heterocycles. The fraction of sp³-hybridized carbons (Fsp3) is 0.692. The summed E-state index contributed by atoms with van der Waals surface area (Å²) in [4.78, 5) is 25.8. The molecule has 21 heavy (non-hydrogen) atoms. The summed E-state index contributed by atoms with van der Waals surface area (Å²) in [5.74, 6) is -1.20. The van der Waals surface area contributed by atoms with Gasteiger partial charge in [-0.25, -0.2) is 4.79 Å². The van der Waals surface area contributed by atoms with Crippen LogP contribution in [0.15, 0.2) is 10.9 Å². The third kappa shape index (κ3) is 3.54. The Morgan fingerprint density at radius 2 is 1.81 bits per heavy atom. The van der Waals surface area contributed by atoms with Crippen LogP contribution in [0.4, 0.5) is 0 Å². The summed E-state index contributed by atoms with van der Waals surface area (Å²) >= 11 is 0. The number of ether oxygens (including phenoxy) is 1. The maximum absolute atomic E-state index is 12.9. The van der Waals surface area contributed by atoms with Gasteiger partial charge in [0.05, 0.1) is 32.4 Å². The van der Waals surface area contributed by atoms with Crippen molar-refractivity contribution in [1.29, 1.82) is 0 Å². The highest BCUT2D eigenvalue weighted by atomic mass is 31.2. The van der Waals surface area contributed by atoms with Gasteiger partial charge in [-0.3, -0.25) is 9.36 Å². The molecule has 0 spiro atoms. The van der Waals surface area contributed by atoms with Gasteiger partial charge < -0.3 is 18.7 Å². The third-order valence-electron chi connectivity index (χ3n) is 3.00. The summed E-state index contributed by atoms with van der Waals surface area (Å²) in [5, 5.41) is -0.202. The Morgan fingerprint density at radius 3 is 2.19 bits per heavy atom. The summed E-state index contributed by atoms with van der Waals surface area (Å²) in [5.41, 5.74) is 0.0430. The molecule has 0 radical (unpaired) electrons. The Hall–Kier alpha value is -1.17. The third-order valence-corrected chi connectivity index (χ3v) is 5.21. The zero-order chi connectivity index (χ0) is 16.2. The lowest BCUT2D eigenvalue weighted by Gasteiger charge is -2.22. The molecule has 8 heteroatoms. The predicted molar refractivity (Wildman–Crippen MR) is 76.7 cm³/mol. The topological polar surface area (TPSA) is 82.1 Å². The van der Waals surface area contributed by atoms with E-state index in [1.54, 1.807) is 13.8 Å². The van der Waals surface area contributed by atoms with E-state index in [4.69, 9.17) is 9.05 Å². The van der Waals surface area contributed by atoms with Crippen molar-refractivity contribution in [2.45, 2.75) is 33.7 Å². The SMILES string of the molecule is CCOP(=O)(OCC)C1=C(C(=O)OC)CN(C(C)C)C1=O. The molecule has 7 nitrogen and oxygen atoms in total. The highest BCUT2D eigenvalue weighted by Crippen LogP contribution is 2.59. The molecule has 0 unspecified atom stereocenters. The van der Waals surface area contributed by atoms with Crippen molar-refractivity contribution in [3.63, 3.8) is 0 Å². The van der Waals surface area contributed by atoms with Gasteiger partial charge in [-0.05, 0) is 27.7 Å². The van der Waals surface area contributed by atoms with Crippen LogP contribution in [-0.4, -0.2) is 49.7 Å². The van der Waals surface area contributed by atoms with Gasteiger partial charge in [0.15, 0.2) is 0 Å². The summed E-state index contributed by atoms with van der Waals surface area (Å²) in [6, 6.07) is -0.147. The molecule has 0 aromatic rings. The van der Waals surface area contributed by atoms with Crippen molar-refractivity contribution in [1.82, 2.24) is 4.90 Å². The van der Waals surface area contributed by atoms with Crippen LogP contribution in [0.5, 0.6) is 0 Å². The Kier molecular flexibility index (Phi) is 6.13. The first kappa shape index (κ1) is 17.9. The summed E-state index contributed by atoms with van der Waals surface area (Å²) in [6.45, 7) is 7.15. The minimum absolute atomic E-state index is 0.0430. The van der Waals surface area contributed by atoms with E-state index in [1.807, 2.05) is 13.8 Å². The number of amides is 1. The number of nitrogens with zero attached hydrogens (tertiary/aromatic N) is 1. The summed E-state index contributed by atoms with van der Waals surface area (Å²) in [6.07, 6.45) is 0. The zero-order valence-corrected chi connectivity index (χ0v) is 13.9. The van der Waals surface area contributed by atoms with Crippen LogP contribution in [0.1, 0.15) is 27.7 Å². The van der Waals surface area contributed by atoms with Crippen LogP contribution in [0.3, 0.4) is 0 Å². The van der Waals surface area contributed by atoms with Crippen LogP contribution in [-0.2, 0) is 27.9 Å². The number of methoxy groups -OCH3 is 1. The smallest absolute Gasteiger partial charge is 0.367 e. The Labute approximate surface area is 124 Å². The van der Waals surface area contributed by atoms with Crippen molar-refractivity contribution in [3.8, 4) is 0 Å². The number of hydrogen-bond acceptors (Lipinski definition) is 6. The van der Waals surface area contributed by atoms with Crippen LogP contribution in [0.2, 0.25) is 0 Å². The van der Waals surface area contributed by atoms with E-state index in [1.165, 1.54) is 12.0 Å². The van der Waals surface area contributed by atoms with E-state index in [2.05, 4.69) is 4.74 Å². The van der Waals surface area contributed by atoms with Crippen LogP contribution >= 0.6 is 7.60 Å². The molecule has 0 atom stereocenters. The second-order valence-electron chi connectivity index (χ2n) is 4.68. The molecule has 1 aliphatic rings. The van der Waals surface area contributed by atoms with Gasteiger partial charge in [-0.2, -0.15) is 0 Å². The molecular formula is C13H22NO6P. The average Bonchev–Trinajstić information content (AvgIpc) is 2.76. The summed E-state index contributed by atoms with van der Waals surface area (Å²) in [7, 11) is -2.63. The lowest BCUT2D eigenvalue weighted by molar-refractivity contribution is -0.136. The molecule has 0 aromatic heterocycles. The number of hydrogen-bond donors (Lipinski definition) is 0. The first-order valence-electron chi connectivity index (χ1n) is 6.84. The number of carbonyl (C=O) groups excluding carboxylic acids is 2. The van der Waals surface area contributed by atoms with Crippen molar-refractivity contribution in [2.75, 3.05) is 26.9 Å². The van der Waals surface area contributed by atoms with Gasteiger partial charge in [-0.15, -0.1) is 0 Å². The van der Waals surface area contributed by atoms with Crippen molar-refractivity contribution in [3.05, 3.63) is 10.9 Å². The maximum atomic E-state index is 12.9.